The van der Waals surface area contributed by atoms with Crippen molar-refractivity contribution in [1.82, 2.24) is 0 Å². The van der Waals surface area contributed by atoms with Crippen molar-refractivity contribution in [3.05, 3.63) is 53.3 Å². The van der Waals surface area contributed by atoms with Gasteiger partial charge in [0.15, 0.2) is 23.1 Å². The topological polar surface area (TPSA) is 65.0 Å². The van der Waals surface area contributed by atoms with Gasteiger partial charge in [0.2, 0.25) is 6.79 Å². The van der Waals surface area contributed by atoms with E-state index in [-0.39, 0.29) is 24.7 Å². The minimum Gasteiger partial charge on any atom is -0.485 e. The third-order valence-corrected chi connectivity index (χ3v) is 3.02. The third kappa shape index (κ3) is 2.60. The molecule has 0 atom stereocenters. The number of halogens is 1. The molecule has 0 fully saturated rings. The van der Waals surface area contributed by atoms with Gasteiger partial charge in [-0.05, 0) is 29.8 Å². The highest BCUT2D eigenvalue weighted by Gasteiger charge is 2.17. The molecule has 0 saturated carbocycles. The highest BCUT2D eigenvalue weighted by molar-refractivity contribution is 5.90. The van der Waals surface area contributed by atoms with Crippen LogP contribution >= 0.6 is 0 Å². The molecular weight excluding hydrogens is 279 g/mol. The predicted molar refractivity (Wildman–Crippen MR) is 70.3 cm³/mol. The first-order valence-corrected chi connectivity index (χ1v) is 6.18. The summed E-state index contributed by atoms with van der Waals surface area (Å²) < 4.78 is 29.4. The van der Waals surface area contributed by atoms with Crippen LogP contribution in [0.4, 0.5) is 4.39 Å². The molecule has 3 rings (SSSR count). The van der Waals surface area contributed by atoms with Crippen molar-refractivity contribution in [2.45, 2.75) is 6.61 Å². The summed E-state index contributed by atoms with van der Waals surface area (Å²) in [6, 6.07) is 8.95. The first-order valence-electron chi connectivity index (χ1n) is 6.18. The number of benzene rings is 2. The van der Waals surface area contributed by atoms with Crippen molar-refractivity contribution < 1.29 is 28.5 Å². The fraction of sp³-hybridized carbons (Fsp3) is 0.133. The Balaban J connectivity index is 1.80. The second kappa shape index (κ2) is 5.32. The van der Waals surface area contributed by atoms with Crippen molar-refractivity contribution in [3.8, 4) is 17.2 Å². The van der Waals surface area contributed by atoms with Gasteiger partial charge in [-0.25, -0.2) is 9.18 Å². The van der Waals surface area contributed by atoms with E-state index in [1.54, 1.807) is 18.2 Å². The van der Waals surface area contributed by atoms with Gasteiger partial charge in [-0.2, -0.15) is 0 Å². The maximum atomic E-state index is 13.7. The monoisotopic (exact) mass is 290 g/mol. The van der Waals surface area contributed by atoms with Gasteiger partial charge in [0.05, 0.1) is 0 Å². The van der Waals surface area contributed by atoms with Crippen LogP contribution in [0.25, 0.3) is 0 Å². The van der Waals surface area contributed by atoms with Crippen LogP contribution in [0, 0.1) is 5.82 Å². The zero-order valence-electron chi connectivity index (χ0n) is 10.8. The largest absolute Gasteiger partial charge is 0.485 e. The molecule has 6 heteroatoms. The SMILES string of the molecule is O=C(O)c1cccc(F)c1OCc1ccc2c(c1)OCO2. The zero-order valence-corrected chi connectivity index (χ0v) is 10.8. The molecule has 1 aliphatic rings. The molecule has 21 heavy (non-hydrogen) atoms. The number of carboxylic acid groups (broad SMARTS) is 1. The molecule has 0 saturated heterocycles. The van der Waals surface area contributed by atoms with Crippen LogP contribution in [-0.4, -0.2) is 17.9 Å². The van der Waals surface area contributed by atoms with E-state index < -0.39 is 11.8 Å². The average Bonchev–Trinajstić information content (AvgIpc) is 2.93. The quantitative estimate of drug-likeness (QED) is 0.938. The molecule has 2 aromatic rings. The van der Waals surface area contributed by atoms with Crippen molar-refractivity contribution >= 4 is 5.97 Å². The van der Waals surface area contributed by atoms with E-state index in [2.05, 4.69) is 0 Å². The van der Waals surface area contributed by atoms with E-state index in [0.29, 0.717) is 11.5 Å². The summed E-state index contributed by atoms with van der Waals surface area (Å²) in [5, 5.41) is 9.03. The van der Waals surface area contributed by atoms with Gasteiger partial charge < -0.3 is 19.3 Å². The summed E-state index contributed by atoms with van der Waals surface area (Å²) in [7, 11) is 0. The van der Waals surface area contributed by atoms with Gasteiger partial charge in [0, 0.05) is 0 Å². The Morgan fingerprint density at radius 2 is 2.05 bits per heavy atom. The normalized spacial score (nSPS) is 12.2. The van der Waals surface area contributed by atoms with Gasteiger partial charge in [0.25, 0.3) is 0 Å². The molecule has 0 unspecified atom stereocenters. The van der Waals surface area contributed by atoms with Crippen LogP contribution in [0.5, 0.6) is 17.2 Å². The number of aromatic carboxylic acids is 1. The van der Waals surface area contributed by atoms with Crippen molar-refractivity contribution in [2.24, 2.45) is 0 Å². The van der Waals surface area contributed by atoms with E-state index in [1.807, 2.05) is 0 Å². The van der Waals surface area contributed by atoms with E-state index in [0.717, 1.165) is 11.6 Å². The number of para-hydroxylation sites is 1. The van der Waals surface area contributed by atoms with Gasteiger partial charge in [-0.15, -0.1) is 0 Å². The maximum absolute atomic E-state index is 13.7. The fourth-order valence-electron chi connectivity index (χ4n) is 2.01. The lowest BCUT2D eigenvalue weighted by molar-refractivity contribution is 0.0690. The molecule has 0 aliphatic carbocycles. The summed E-state index contributed by atoms with van der Waals surface area (Å²) in [5.74, 6) is -1.01. The number of carboxylic acids is 1. The van der Waals surface area contributed by atoms with E-state index in [9.17, 15) is 9.18 Å². The number of fused-ring (bicyclic) bond motifs is 1. The second-order valence-electron chi connectivity index (χ2n) is 4.40. The molecule has 2 aromatic carbocycles. The smallest absolute Gasteiger partial charge is 0.339 e. The Morgan fingerprint density at radius 1 is 1.24 bits per heavy atom. The Kier molecular flexibility index (Phi) is 3.35. The molecule has 1 N–H and O–H groups in total. The summed E-state index contributed by atoms with van der Waals surface area (Å²) in [4.78, 5) is 11.1. The molecule has 108 valence electrons. The average molecular weight is 290 g/mol. The number of hydrogen-bond donors (Lipinski definition) is 1. The van der Waals surface area contributed by atoms with Crippen LogP contribution in [0.3, 0.4) is 0 Å². The molecule has 5 nitrogen and oxygen atoms in total. The van der Waals surface area contributed by atoms with E-state index in [4.69, 9.17) is 19.3 Å². The fourth-order valence-corrected chi connectivity index (χ4v) is 2.01. The van der Waals surface area contributed by atoms with Gasteiger partial charge in [-0.3, -0.25) is 0 Å². The first-order chi connectivity index (χ1) is 10.1. The second-order valence-corrected chi connectivity index (χ2v) is 4.40. The summed E-state index contributed by atoms with van der Waals surface area (Å²) in [5.41, 5.74) is 0.509. The van der Waals surface area contributed by atoms with Gasteiger partial charge in [-0.1, -0.05) is 12.1 Å². The number of ether oxygens (including phenoxy) is 3. The van der Waals surface area contributed by atoms with E-state index in [1.165, 1.54) is 12.1 Å². The predicted octanol–water partition coefficient (Wildman–Crippen LogP) is 2.83. The molecule has 0 radical (unpaired) electrons. The molecule has 1 aliphatic heterocycles. The van der Waals surface area contributed by atoms with Crippen molar-refractivity contribution in [2.75, 3.05) is 6.79 Å². The molecule has 1 heterocycles. The lowest BCUT2D eigenvalue weighted by atomic mass is 10.2. The molecule has 0 aromatic heterocycles. The summed E-state index contributed by atoms with van der Waals surface area (Å²) in [6.45, 7) is 0.188. The van der Waals surface area contributed by atoms with Crippen molar-refractivity contribution in [1.29, 1.82) is 0 Å². The Hall–Kier alpha value is -2.76. The highest BCUT2D eigenvalue weighted by atomic mass is 19.1. The Morgan fingerprint density at radius 3 is 2.86 bits per heavy atom. The number of hydrogen-bond acceptors (Lipinski definition) is 4. The lowest BCUT2D eigenvalue weighted by Crippen LogP contribution is -2.05. The minimum atomic E-state index is -1.24. The van der Waals surface area contributed by atoms with Crippen LogP contribution in [0.2, 0.25) is 0 Å². The Labute approximate surface area is 119 Å². The molecular formula is C15H11FO5. The van der Waals surface area contributed by atoms with Crippen LogP contribution in [0.1, 0.15) is 15.9 Å². The summed E-state index contributed by atoms with van der Waals surface area (Å²) >= 11 is 0. The zero-order chi connectivity index (χ0) is 14.8. The van der Waals surface area contributed by atoms with Crippen LogP contribution < -0.4 is 14.2 Å². The van der Waals surface area contributed by atoms with Crippen LogP contribution in [-0.2, 0) is 6.61 Å². The van der Waals surface area contributed by atoms with Gasteiger partial charge in [0.1, 0.15) is 12.2 Å². The molecule has 0 spiro atoms. The first kappa shape index (κ1) is 13.2. The summed E-state index contributed by atoms with van der Waals surface area (Å²) in [6.07, 6.45) is 0. The minimum absolute atomic E-state index is 0.0256. The van der Waals surface area contributed by atoms with Crippen molar-refractivity contribution in [3.63, 3.8) is 0 Å². The molecule has 0 bridgehead atoms. The standard InChI is InChI=1S/C15H11FO5/c16-11-3-1-2-10(15(17)18)14(11)19-7-9-4-5-12-13(6-9)21-8-20-12/h1-6H,7-8H2,(H,17,18). The Bertz CT molecular complexity index is 698. The maximum Gasteiger partial charge on any atom is 0.339 e. The lowest BCUT2D eigenvalue weighted by Gasteiger charge is -2.10. The highest BCUT2D eigenvalue weighted by Crippen LogP contribution is 2.33. The number of carbonyl (C=O) groups is 1. The third-order valence-electron chi connectivity index (χ3n) is 3.02. The van der Waals surface area contributed by atoms with Gasteiger partial charge >= 0.3 is 5.97 Å². The number of rotatable bonds is 4. The van der Waals surface area contributed by atoms with Crippen LogP contribution in [0.15, 0.2) is 36.4 Å². The molecule has 0 amide bonds. The van der Waals surface area contributed by atoms with E-state index >= 15 is 0 Å².